The molecule has 12 heavy (non-hydrogen) atoms. The van der Waals surface area contributed by atoms with Crippen LogP contribution in [0.5, 0.6) is 0 Å². The van der Waals surface area contributed by atoms with Crippen molar-refractivity contribution in [2.24, 2.45) is 17.8 Å². The van der Waals surface area contributed by atoms with Crippen molar-refractivity contribution in [3.8, 4) is 0 Å². The highest BCUT2D eigenvalue weighted by Gasteiger charge is 2.31. The van der Waals surface area contributed by atoms with Crippen molar-refractivity contribution in [3.05, 3.63) is 12.2 Å². The van der Waals surface area contributed by atoms with E-state index >= 15 is 0 Å². The Bertz CT molecular complexity index is 172. The molecule has 1 aliphatic carbocycles. The maximum Gasteiger partial charge on any atom is 0.0780 e. The van der Waals surface area contributed by atoms with E-state index in [9.17, 15) is 5.11 Å². The topological polar surface area (TPSA) is 20.2 Å². The molecule has 0 aliphatic heterocycles. The summed E-state index contributed by atoms with van der Waals surface area (Å²) >= 11 is 0. The molecule has 0 aromatic heterocycles. The van der Waals surface area contributed by atoms with Gasteiger partial charge in [-0.15, -0.1) is 0 Å². The Morgan fingerprint density at radius 3 is 2.50 bits per heavy atom. The first-order valence-corrected chi connectivity index (χ1v) is 4.90. The van der Waals surface area contributed by atoms with Gasteiger partial charge in [0.15, 0.2) is 0 Å². The van der Waals surface area contributed by atoms with Gasteiger partial charge in [-0.05, 0) is 36.2 Å². The maximum absolute atomic E-state index is 9.88. The van der Waals surface area contributed by atoms with Crippen molar-refractivity contribution in [2.75, 3.05) is 0 Å². The monoisotopic (exact) mass is 168 g/mol. The van der Waals surface area contributed by atoms with Crippen molar-refractivity contribution in [2.45, 2.75) is 39.7 Å². The van der Waals surface area contributed by atoms with Crippen LogP contribution in [0, 0.1) is 17.8 Å². The molecule has 0 spiro atoms. The minimum absolute atomic E-state index is 0.256. The van der Waals surface area contributed by atoms with Gasteiger partial charge in [-0.3, -0.25) is 0 Å². The van der Waals surface area contributed by atoms with Crippen LogP contribution in [0.25, 0.3) is 0 Å². The first-order valence-electron chi connectivity index (χ1n) is 4.90. The van der Waals surface area contributed by atoms with Gasteiger partial charge < -0.3 is 5.11 Å². The molecule has 1 saturated carbocycles. The molecular weight excluding hydrogens is 148 g/mol. The van der Waals surface area contributed by atoms with Gasteiger partial charge in [0.2, 0.25) is 0 Å². The Morgan fingerprint density at radius 1 is 1.42 bits per heavy atom. The molecule has 1 nitrogen and oxygen atoms in total. The highest BCUT2D eigenvalue weighted by molar-refractivity contribution is 5.11. The third-order valence-corrected chi connectivity index (χ3v) is 3.21. The fourth-order valence-electron chi connectivity index (χ4n) is 2.05. The Hall–Kier alpha value is -0.300. The minimum Gasteiger partial charge on any atom is -0.388 e. The lowest BCUT2D eigenvalue weighted by atomic mass is 9.73. The molecule has 0 bridgehead atoms. The van der Waals surface area contributed by atoms with Gasteiger partial charge in [-0.1, -0.05) is 27.4 Å². The molecule has 0 amide bonds. The van der Waals surface area contributed by atoms with Crippen molar-refractivity contribution >= 4 is 0 Å². The van der Waals surface area contributed by atoms with Crippen molar-refractivity contribution in [1.29, 1.82) is 0 Å². The van der Waals surface area contributed by atoms with E-state index in [1.54, 1.807) is 0 Å². The number of aliphatic hydroxyl groups excluding tert-OH is 1. The van der Waals surface area contributed by atoms with Crippen LogP contribution in [0.3, 0.4) is 0 Å². The van der Waals surface area contributed by atoms with Gasteiger partial charge in [-0.2, -0.15) is 0 Å². The van der Waals surface area contributed by atoms with Crippen LogP contribution < -0.4 is 0 Å². The lowest BCUT2D eigenvalue weighted by molar-refractivity contribution is 0.0740. The predicted molar refractivity (Wildman–Crippen MR) is 51.9 cm³/mol. The van der Waals surface area contributed by atoms with Gasteiger partial charge in [0, 0.05) is 0 Å². The first kappa shape index (κ1) is 9.79. The van der Waals surface area contributed by atoms with Crippen LogP contribution in [-0.4, -0.2) is 11.2 Å². The van der Waals surface area contributed by atoms with E-state index in [1.165, 1.54) is 6.42 Å². The number of aliphatic hydroxyl groups is 1. The van der Waals surface area contributed by atoms with Crippen LogP contribution in [0.4, 0.5) is 0 Å². The number of hydrogen-bond acceptors (Lipinski definition) is 1. The summed E-state index contributed by atoms with van der Waals surface area (Å²) in [6.07, 6.45) is 2.09. The zero-order chi connectivity index (χ0) is 9.30. The summed E-state index contributed by atoms with van der Waals surface area (Å²) in [6.45, 7) is 10.5. The van der Waals surface area contributed by atoms with Crippen LogP contribution in [0.2, 0.25) is 0 Å². The summed E-state index contributed by atoms with van der Waals surface area (Å²) in [5, 5.41) is 9.88. The van der Waals surface area contributed by atoms with E-state index < -0.39 is 0 Å². The normalized spacial score (nSPS) is 37.4. The first-order chi connectivity index (χ1) is 5.54. The summed E-state index contributed by atoms with van der Waals surface area (Å²) in [6, 6.07) is 0. The average Bonchev–Trinajstić information content (AvgIpc) is 2.00. The average molecular weight is 168 g/mol. The second kappa shape index (κ2) is 3.61. The van der Waals surface area contributed by atoms with E-state index in [1.807, 2.05) is 0 Å². The molecule has 0 unspecified atom stereocenters. The Balaban J connectivity index is 2.65. The lowest BCUT2D eigenvalue weighted by Crippen LogP contribution is -2.33. The fraction of sp³-hybridized carbons (Fsp3) is 0.818. The van der Waals surface area contributed by atoms with Crippen LogP contribution >= 0.6 is 0 Å². The third kappa shape index (κ3) is 1.71. The summed E-state index contributed by atoms with van der Waals surface area (Å²) in [5.74, 6) is 1.52. The molecule has 1 heteroatoms. The molecule has 0 aromatic rings. The van der Waals surface area contributed by atoms with Gasteiger partial charge in [0.25, 0.3) is 0 Å². The molecule has 0 heterocycles. The largest absolute Gasteiger partial charge is 0.388 e. The molecule has 1 fully saturated rings. The molecule has 1 N–H and O–H groups in total. The Labute approximate surface area is 75.5 Å². The Kier molecular flexibility index (Phi) is 2.94. The van der Waals surface area contributed by atoms with Crippen LogP contribution in [-0.2, 0) is 0 Å². The van der Waals surface area contributed by atoms with Crippen molar-refractivity contribution in [1.82, 2.24) is 0 Å². The molecule has 0 saturated heterocycles. The molecule has 1 aliphatic rings. The molecule has 1 rings (SSSR count). The smallest absolute Gasteiger partial charge is 0.0780 e. The summed E-state index contributed by atoms with van der Waals surface area (Å²) in [7, 11) is 0. The highest BCUT2D eigenvalue weighted by Crippen LogP contribution is 2.36. The highest BCUT2D eigenvalue weighted by atomic mass is 16.3. The number of rotatable bonds is 1. The summed E-state index contributed by atoms with van der Waals surface area (Å²) in [4.78, 5) is 0. The van der Waals surface area contributed by atoms with Crippen molar-refractivity contribution < 1.29 is 5.11 Å². The molecule has 70 valence electrons. The molecule has 0 aromatic carbocycles. The molecular formula is C11H20O. The van der Waals surface area contributed by atoms with Gasteiger partial charge >= 0.3 is 0 Å². The van der Waals surface area contributed by atoms with E-state index in [-0.39, 0.29) is 6.10 Å². The zero-order valence-corrected chi connectivity index (χ0v) is 8.38. The molecule has 3 atom stereocenters. The van der Waals surface area contributed by atoms with E-state index in [0.717, 1.165) is 12.0 Å². The lowest BCUT2D eigenvalue weighted by Gasteiger charge is -2.36. The van der Waals surface area contributed by atoms with E-state index in [0.29, 0.717) is 17.8 Å². The standard InChI is InChI=1S/C11H20O/c1-7(2)10-6-5-8(3)9(4)11(10)12/h7-8,10-12H,4-6H2,1-3H3/t8-,10+,11-/m1/s1. The fourth-order valence-corrected chi connectivity index (χ4v) is 2.05. The van der Waals surface area contributed by atoms with Crippen LogP contribution in [0.1, 0.15) is 33.6 Å². The zero-order valence-electron chi connectivity index (χ0n) is 8.38. The Morgan fingerprint density at radius 2 is 2.00 bits per heavy atom. The summed E-state index contributed by atoms with van der Waals surface area (Å²) < 4.78 is 0. The van der Waals surface area contributed by atoms with E-state index in [2.05, 4.69) is 27.4 Å². The SMILES string of the molecule is C=C1[C@H](C)CC[C@@H](C(C)C)[C@@H]1O. The van der Waals surface area contributed by atoms with E-state index in [4.69, 9.17) is 0 Å². The van der Waals surface area contributed by atoms with Gasteiger partial charge in [-0.25, -0.2) is 0 Å². The van der Waals surface area contributed by atoms with Gasteiger partial charge in [0.05, 0.1) is 6.10 Å². The second-order valence-corrected chi connectivity index (χ2v) is 4.41. The van der Waals surface area contributed by atoms with Crippen molar-refractivity contribution in [3.63, 3.8) is 0 Å². The maximum atomic E-state index is 9.88. The minimum atomic E-state index is -0.256. The van der Waals surface area contributed by atoms with Gasteiger partial charge in [0.1, 0.15) is 0 Å². The third-order valence-electron chi connectivity index (χ3n) is 3.21. The predicted octanol–water partition coefficient (Wildman–Crippen LogP) is 2.61. The van der Waals surface area contributed by atoms with Crippen LogP contribution in [0.15, 0.2) is 12.2 Å². The number of hydrogen-bond donors (Lipinski definition) is 1. The quantitative estimate of drug-likeness (QED) is 0.597. The summed E-state index contributed by atoms with van der Waals surface area (Å²) in [5.41, 5.74) is 1.04. The molecule has 0 radical (unpaired) electrons. The second-order valence-electron chi connectivity index (χ2n) is 4.41.